The number of nitrogens with one attached hydrogen (secondary N) is 2. The average molecular weight is 191 g/mol. The van der Waals surface area contributed by atoms with Crippen LogP contribution in [0, 0.1) is 0 Å². The van der Waals surface area contributed by atoms with E-state index < -0.39 is 0 Å². The summed E-state index contributed by atoms with van der Waals surface area (Å²) in [5, 5.41) is 6.37. The highest BCUT2D eigenvalue weighted by atomic mass is 15.2. The first-order valence-electron chi connectivity index (χ1n) is 5.33. The van der Waals surface area contributed by atoms with Gasteiger partial charge in [0.2, 0.25) is 0 Å². The van der Waals surface area contributed by atoms with Gasteiger partial charge in [0.25, 0.3) is 0 Å². The average Bonchev–Trinajstić information content (AvgIpc) is 2.19. The van der Waals surface area contributed by atoms with Crippen molar-refractivity contribution in [3.8, 4) is 0 Å². The van der Waals surface area contributed by atoms with Crippen LogP contribution in [0.15, 0.2) is 0 Å². The van der Waals surface area contributed by atoms with E-state index in [1.807, 2.05) is 41.8 Å². The van der Waals surface area contributed by atoms with E-state index in [4.69, 9.17) is 0 Å². The van der Waals surface area contributed by atoms with E-state index in [0.29, 0.717) is 0 Å². The Morgan fingerprint density at radius 3 is 1.69 bits per heavy atom. The summed E-state index contributed by atoms with van der Waals surface area (Å²) in [7, 11) is 4.08. The number of nitrogens with zero attached hydrogens (tertiary/aromatic N) is 1. The molecule has 0 aromatic heterocycles. The maximum absolute atomic E-state index is 3.20. The molecule has 0 aromatic rings. The molecule has 3 nitrogen and oxygen atoms in total. The summed E-state index contributed by atoms with van der Waals surface area (Å²) in [5.74, 6) is 0. The van der Waals surface area contributed by atoms with Gasteiger partial charge in [-0.25, -0.2) is 0 Å². The third kappa shape index (κ3) is 33.5. The van der Waals surface area contributed by atoms with E-state index in [0.717, 1.165) is 19.9 Å². The summed E-state index contributed by atoms with van der Waals surface area (Å²) >= 11 is 0. The Kier molecular flexibility index (Phi) is 32.4. The molecule has 0 unspecified atom stereocenters. The minimum absolute atomic E-state index is 0.898. The van der Waals surface area contributed by atoms with E-state index in [-0.39, 0.29) is 0 Å². The molecule has 0 aromatic carbocycles. The number of hydrogen-bond donors (Lipinski definition) is 2. The van der Waals surface area contributed by atoms with Crippen LogP contribution in [0.2, 0.25) is 0 Å². The Morgan fingerprint density at radius 1 is 0.923 bits per heavy atom. The molecule has 13 heavy (non-hydrogen) atoms. The molecule has 3 heteroatoms. The van der Waals surface area contributed by atoms with Crippen LogP contribution in [0.3, 0.4) is 0 Å². The van der Waals surface area contributed by atoms with E-state index in [2.05, 4.69) is 22.5 Å². The summed E-state index contributed by atoms with van der Waals surface area (Å²) in [6, 6.07) is 0. The van der Waals surface area contributed by atoms with Crippen LogP contribution in [0.1, 0.15) is 34.6 Å². The van der Waals surface area contributed by atoms with Crippen LogP contribution >= 0.6 is 0 Å². The summed E-state index contributed by atoms with van der Waals surface area (Å²) in [4.78, 5) is 2.09. The summed E-state index contributed by atoms with van der Waals surface area (Å²) < 4.78 is 0. The lowest BCUT2D eigenvalue weighted by Crippen LogP contribution is -2.35. The van der Waals surface area contributed by atoms with Crippen molar-refractivity contribution in [2.24, 2.45) is 0 Å². The van der Waals surface area contributed by atoms with Gasteiger partial charge in [-0.05, 0) is 20.6 Å². The Hall–Kier alpha value is -0.120. The van der Waals surface area contributed by atoms with Crippen molar-refractivity contribution in [2.45, 2.75) is 34.6 Å². The molecule has 0 fully saturated rings. The zero-order valence-electron chi connectivity index (χ0n) is 10.6. The van der Waals surface area contributed by atoms with Gasteiger partial charge in [0.15, 0.2) is 0 Å². The number of hydrogen-bond acceptors (Lipinski definition) is 3. The largest absolute Gasteiger partial charge is 0.305 e. The topological polar surface area (TPSA) is 27.3 Å². The predicted octanol–water partition coefficient (Wildman–Crippen LogP) is 1.71. The smallest absolute Gasteiger partial charge is 0.0484 e. The van der Waals surface area contributed by atoms with Crippen molar-refractivity contribution in [1.29, 1.82) is 0 Å². The molecule has 0 aliphatic carbocycles. The molecule has 84 valence electrons. The highest BCUT2D eigenvalue weighted by molar-refractivity contribution is 4.40. The van der Waals surface area contributed by atoms with Gasteiger partial charge in [-0.1, -0.05) is 34.6 Å². The summed E-state index contributed by atoms with van der Waals surface area (Å²) in [6.45, 7) is 13.0. The molecule has 0 heterocycles. The maximum Gasteiger partial charge on any atom is 0.0484 e. The fourth-order valence-corrected chi connectivity index (χ4v) is 0.493. The zero-order chi connectivity index (χ0) is 11.1. The van der Waals surface area contributed by atoms with Crippen LogP contribution in [-0.4, -0.2) is 38.9 Å². The van der Waals surface area contributed by atoms with Crippen LogP contribution in [0.25, 0.3) is 0 Å². The second-order valence-corrected chi connectivity index (χ2v) is 2.27. The van der Waals surface area contributed by atoms with Gasteiger partial charge < -0.3 is 5.32 Å². The Bertz CT molecular complexity index is 56.1. The van der Waals surface area contributed by atoms with Crippen molar-refractivity contribution < 1.29 is 0 Å². The molecule has 0 amide bonds. The van der Waals surface area contributed by atoms with Gasteiger partial charge in [-0.15, -0.1) is 0 Å². The fraction of sp³-hybridized carbons (Fsp3) is 1.00. The third-order valence-electron chi connectivity index (χ3n) is 0.928. The first-order valence-corrected chi connectivity index (χ1v) is 5.33. The molecule has 0 spiro atoms. The van der Waals surface area contributed by atoms with E-state index in [1.54, 1.807) is 0 Å². The first-order chi connectivity index (χ1) is 6.27. The molecule has 0 bridgehead atoms. The molecule has 0 saturated carbocycles. The van der Waals surface area contributed by atoms with Gasteiger partial charge in [0.05, 0.1) is 0 Å². The molecular formula is C10H29N3. The molecular weight excluding hydrogens is 162 g/mol. The summed E-state index contributed by atoms with van der Waals surface area (Å²) in [5.41, 5.74) is 0. The third-order valence-corrected chi connectivity index (χ3v) is 0.928. The highest BCUT2D eigenvalue weighted by Gasteiger charge is 1.84. The van der Waals surface area contributed by atoms with Crippen molar-refractivity contribution in [3.63, 3.8) is 0 Å². The quantitative estimate of drug-likeness (QED) is 0.512. The lowest BCUT2D eigenvalue weighted by atomic mass is 10.7. The van der Waals surface area contributed by atoms with Gasteiger partial charge in [0, 0.05) is 13.3 Å². The van der Waals surface area contributed by atoms with Crippen molar-refractivity contribution >= 4 is 0 Å². The molecule has 0 aliphatic rings. The molecule has 0 atom stereocenters. The zero-order valence-corrected chi connectivity index (χ0v) is 10.6. The molecule has 0 rings (SSSR count). The van der Waals surface area contributed by atoms with E-state index in [9.17, 15) is 0 Å². The van der Waals surface area contributed by atoms with Gasteiger partial charge in [-0.3, -0.25) is 10.2 Å². The fourth-order valence-electron chi connectivity index (χ4n) is 0.493. The van der Waals surface area contributed by atoms with E-state index >= 15 is 0 Å². The van der Waals surface area contributed by atoms with Crippen LogP contribution < -0.4 is 10.6 Å². The minimum Gasteiger partial charge on any atom is -0.305 e. The molecule has 0 radical (unpaired) electrons. The SMILES string of the molecule is CC.CC.CCNCNCN(C)C. The highest BCUT2D eigenvalue weighted by Crippen LogP contribution is 1.64. The second kappa shape index (κ2) is 22.6. The van der Waals surface area contributed by atoms with Crippen LogP contribution in [0.5, 0.6) is 0 Å². The lowest BCUT2D eigenvalue weighted by Gasteiger charge is -2.10. The van der Waals surface area contributed by atoms with Crippen LogP contribution in [-0.2, 0) is 0 Å². The Labute approximate surface area is 84.9 Å². The number of rotatable bonds is 5. The van der Waals surface area contributed by atoms with Crippen molar-refractivity contribution in [1.82, 2.24) is 15.5 Å². The molecule has 0 saturated heterocycles. The summed E-state index contributed by atoms with van der Waals surface area (Å²) in [6.07, 6.45) is 0. The Balaban J connectivity index is -0.000000218. The predicted molar refractivity (Wildman–Crippen MR) is 62.9 cm³/mol. The molecule has 0 aliphatic heterocycles. The van der Waals surface area contributed by atoms with Gasteiger partial charge in [0.1, 0.15) is 0 Å². The normalized spacial score (nSPS) is 8.31. The minimum atomic E-state index is 0.898. The maximum atomic E-state index is 3.20. The second-order valence-electron chi connectivity index (χ2n) is 2.27. The van der Waals surface area contributed by atoms with Crippen LogP contribution in [0.4, 0.5) is 0 Å². The van der Waals surface area contributed by atoms with Gasteiger partial charge in [-0.2, -0.15) is 0 Å². The van der Waals surface area contributed by atoms with E-state index in [1.165, 1.54) is 0 Å². The monoisotopic (exact) mass is 191 g/mol. The first kappa shape index (κ1) is 18.6. The van der Waals surface area contributed by atoms with Gasteiger partial charge >= 0.3 is 0 Å². The lowest BCUT2D eigenvalue weighted by molar-refractivity contribution is 0.361. The Morgan fingerprint density at radius 2 is 1.38 bits per heavy atom. The van der Waals surface area contributed by atoms with Crippen molar-refractivity contribution in [2.75, 3.05) is 34.0 Å². The van der Waals surface area contributed by atoms with Crippen molar-refractivity contribution in [3.05, 3.63) is 0 Å². The standard InChI is InChI=1S/C6H17N3.2C2H6/c1-4-7-5-8-6-9(2)3;2*1-2/h7-8H,4-6H2,1-3H3;2*1-2H3. The molecule has 2 N–H and O–H groups in total.